The van der Waals surface area contributed by atoms with Crippen molar-refractivity contribution in [2.24, 2.45) is 7.05 Å². The Hall–Kier alpha value is -2.09. The Balaban J connectivity index is 1.96. The number of carbonyl (C=O) groups is 2. The number of ether oxygens (including phenoxy) is 1. The summed E-state index contributed by atoms with van der Waals surface area (Å²) in [6.07, 6.45) is 4.94. The van der Waals surface area contributed by atoms with Gasteiger partial charge in [0.15, 0.2) is 6.04 Å². The molecule has 2 amide bonds. The number of carboxylic acids is 1. The maximum absolute atomic E-state index is 12.1. The Morgan fingerprint density at radius 1 is 1.67 bits per heavy atom. The molecule has 8 heteroatoms. The number of aryl methyl sites for hydroxylation is 1. The average molecular weight is 296 g/mol. The number of carbonyl (C=O) groups excluding carboxylic acids is 1. The van der Waals surface area contributed by atoms with Crippen LogP contribution in [0.4, 0.5) is 4.79 Å². The fourth-order valence-electron chi connectivity index (χ4n) is 2.29. The molecule has 1 fully saturated rings. The first-order valence-electron chi connectivity index (χ1n) is 6.82. The van der Waals surface area contributed by atoms with E-state index in [0.29, 0.717) is 18.7 Å². The molecule has 2 heterocycles. The summed E-state index contributed by atoms with van der Waals surface area (Å²) in [4.78, 5) is 24.9. The fraction of sp³-hybridized carbons (Fsp3) is 0.615. The molecule has 2 rings (SSSR count). The lowest BCUT2D eigenvalue weighted by Crippen LogP contribution is -2.44. The van der Waals surface area contributed by atoms with Gasteiger partial charge >= 0.3 is 12.0 Å². The number of hydrogen-bond acceptors (Lipinski definition) is 4. The van der Waals surface area contributed by atoms with E-state index in [2.05, 4.69) is 10.4 Å². The highest BCUT2D eigenvalue weighted by Gasteiger charge is 2.26. The minimum atomic E-state index is -1.12. The number of rotatable bonds is 5. The van der Waals surface area contributed by atoms with Crippen molar-refractivity contribution in [2.45, 2.75) is 25.0 Å². The van der Waals surface area contributed by atoms with Crippen molar-refractivity contribution in [3.63, 3.8) is 0 Å². The highest BCUT2D eigenvalue weighted by molar-refractivity contribution is 5.83. The van der Waals surface area contributed by atoms with Crippen LogP contribution in [0, 0.1) is 0 Å². The molecule has 116 valence electrons. The Bertz CT molecular complexity index is 510. The second-order valence-electron chi connectivity index (χ2n) is 5.18. The van der Waals surface area contributed by atoms with E-state index in [1.165, 1.54) is 15.8 Å². The summed E-state index contributed by atoms with van der Waals surface area (Å²) in [5, 5.41) is 15.7. The normalized spacial score (nSPS) is 19.2. The molecule has 1 aliphatic rings. The van der Waals surface area contributed by atoms with Crippen LogP contribution < -0.4 is 5.32 Å². The van der Waals surface area contributed by atoms with Gasteiger partial charge < -0.3 is 20.1 Å². The molecule has 1 saturated heterocycles. The molecule has 0 saturated carbocycles. The van der Waals surface area contributed by atoms with E-state index < -0.39 is 18.0 Å². The number of aromatic nitrogens is 2. The van der Waals surface area contributed by atoms with Crippen molar-refractivity contribution in [3.05, 3.63) is 18.0 Å². The minimum absolute atomic E-state index is 0.0300. The van der Waals surface area contributed by atoms with Crippen LogP contribution in [-0.4, -0.2) is 58.1 Å². The van der Waals surface area contributed by atoms with Crippen molar-refractivity contribution in [3.8, 4) is 0 Å². The molecule has 1 aliphatic heterocycles. The zero-order valence-corrected chi connectivity index (χ0v) is 12.2. The summed E-state index contributed by atoms with van der Waals surface area (Å²) in [6.45, 7) is 1.17. The zero-order chi connectivity index (χ0) is 15.4. The van der Waals surface area contributed by atoms with Gasteiger partial charge in [0.25, 0.3) is 0 Å². The van der Waals surface area contributed by atoms with E-state index in [-0.39, 0.29) is 6.10 Å². The van der Waals surface area contributed by atoms with Gasteiger partial charge in [0.2, 0.25) is 0 Å². The summed E-state index contributed by atoms with van der Waals surface area (Å²) in [5.41, 5.74) is 0.434. The van der Waals surface area contributed by atoms with E-state index in [1.54, 1.807) is 20.3 Å². The van der Waals surface area contributed by atoms with E-state index in [1.807, 2.05) is 0 Å². The molecular formula is C13H20N4O4. The Labute approximate surface area is 122 Å². The van der Waals surface area contributed by atoms with Crippen LogP contribution in [-0.2, 0) is 16.6 Å². The fourth-order valence-corrected chi connectivity index (χ4v) is 2.29. The van der Waals surface area contributed by atoms with Crippen molar-refractivity contribution < 1.29 is 19.4 Å². The van der Waals surface area contributed by atoms with E-state index >= 15 is 0 Å². The van der Waals surface area contributed by atoms with Crippen molar-refractivity contribution in [1.29, 1.82) is 0 Å². The molecule has 1 aromatic heterocycles. The van der Waals surface area contributed by atoms with Crippen molar-refractivity contribution in [1.82, 2.24) is 20.0 Å². The standard InChI is InChI=1S/C13H20N4O4/c1-16(8-10-4-3-5-21-10)13(20)15-11(12(18)19)9-6-14-17(2)7-9/h6-7,10-11H,3-5,8H2,1-2H3,(H,15,20)(H,18,19). The molecule has 0 spiro atoms. The third-order valence-corrected chi connectivity index (χ3v) is 3.42. The third kappa shape index (κ3) is 3.94. The topological polar surface area (TPSA) is 96.7 Å². The number of hydrogen-bond donors (Lipinski definition) is 2. The van der Waals surface area contributed by atoms with E-state index in [0.717, 1.165) is 12.8 Å². The molecule has 0 aromatic carbocycles. The summed E-state index contributed by atoms with van der Waals surface area (Å²) in [6, 6.07) is -1.56. The van der Waals surface area contributed by atoms with Gasteiger partial charge in [-0.2, -0.15) is 5.10 Å². The molecule has 2 unspecified atom stereocenters. The number of amides is 2. The van der Waals surface area contributed by atoms with Gasteiger partial charge in [-0.1, -0.05) is 0 Å². The summed E-state index contributed by atoms with van der Waals surface area (Å²) >= 11 is 0. The van der Waals surface area contributed by atoms with Gasteiger partial charge in [0.05, 0.1) is 12.3 Å². The molecule has 1 aromatic rings. The first-order valence-corrected chi connectivity index (χ1v) is 6.82. The molecule has 0 bridgehead atoms. The summed E-state index contributed by atoms with van der Waals surface area (Å²) in [5.74, 6) is -1.12. The predicted octanol–water partition coefficient (Wildman–Crippen LogP) is 0.366. The first kappa shape index (κ1) is 15.3. The van der Waals surface area contributed by atoms with Crippen LogP contribution >= 0.6 is 0 Å². The first-order chi connectivity index (χ1) is 9.97. The van der Waals surface area contributed by atoms with Crippen molar-refractivity contribution in [2.75, 3.05) is 20.2 Å². The van der Waals surface area contributed by atoms with Gasteiger partial charge in [-0.15, -0.1) is 0 Å². The van der Waals surface area contributed by atoms with Crippen molar-refractivity contribution >= 4 is 12.0 Å². The maximum atomic E-state index is 12.1. The predicted molar refractivity (Wildman–Crippen MR) is 73.7 cm³/mol. The lowest BCUT2D eigenvalue weighted by atomic mass is 10.1. The molecule has 2 N–H and O–H groups in total. The molecule has 21 heavy (non-hydrogen) atoms. The Morgan fingerprint density at radius 2 is 2.43 bits per heavy atom. The number of nitrogens with one attached hydrogen (secondary N) is 1. The van der Waals surface area contributed by atoms with Crippen LogP contribution in [0.5, 0.6) is 0 Å². The molecule has 8 nitrogen and oxygen atoms in total. The second-order valence-corrected chi connectivity index (χ2v) is 5.18. The van der Waals surface area contributed by atoms with Gasteiger partial charge in [0.1, 0.15) is 0 Å². The highest BCUT2D eigenvalue weighted by Crippen LogP contribution is 2.15. The third-order valence-electron chi connectivity index (χ3n) is 3.42. The monoisotopic (exact) mass is 296 g/mol. The Morgan fingerprint density at radius 3 is 2.95 bits per heavy atom. The quantitative estimate of drug-likeness (QED) is 0.818. The molecule has 0 radical (unpaired) electrons. The van der Waals surface area contributed by atoms with Crippen LogP contribution in [0.3, 0.4) is 0 Å². The van der Waals surface area contributed by atoms with Gasteiger partial charge in [-0.25, -0.2) is 9.59 Å². The number of carboxylic acid groups (broad SMARTS) is 1. The van der Waals surface area contributed by atoms with Crippen LogP contribution in [0.15, 0.2) is 12.4 Å². The largest absolute Gasteiger partial charge is 0.479 e. The Kier molecular flexibility index (Phi) is 4.79. The number of aliphatic carboxylic acids is 1. The SMILES string of the molecule is CN(CC1CCCO1)C(=O)NC(C(=O)O)c1cnn(C)c1. The molecule has 2 atom stereocenters. The molecule has 0 aliphatic carbocycles. The second kappa shape index (κ2) is 6.57. The van der Waals surface area contributed by atoms with Crippen LogP contribution in [0.2, 0.25) is 0 Å². The number of nitrogens with zero attached hydrogens (tertiary/aromatic N) is 3. The average Bonchev–Trinajstić information content (AvgIpc) is 3.06. The van der Waals surface area contributed by atoms with Crippen LogP contribution in [0.1, 0.15) is 24.4 Å². The van der Waals surface area contributed by atoms with Gasteiger partial charge in [0, 0.05) is 39.0 Å². The lowest BCUT2D eigenvalue weighted by Gasteiger charge is -2.23. The van der Waals surface area contributed by atoms with Gasteiger partial charge in [-0.3, -0.25) is 4.68 Å². The van der Waals surface area contributed by atoms with E-state index in [4.69, 9.17) is 4.74 Å². The summed E-state index contributed by atoms with van der Waals surface area (Å²) in [7, 11) is 3.31. The number of urea groups is 1. The van der Waals surface area contributed by atoms with Gasteiger partial charge in [-0.05, 0) is 12.8 Å². The number of likely N-dealkylation sites (N-methyl/N-ethyl adjacent to an activating group) is 1. The highest BCUT2D eigenvalue weighted by atomic mass is 16.5. The smallest absolute Gasteiger partial charge is 0.331 e. The summed E-state index contributed by atoms with van der Waals surface area (Å²) < 4.78 is 6.96. The maximum Gasteiger partial charge on any atom is 0.331 e. The zero-order valence-electron chi connectivity index (χ0n) is 12.2. The van der Waals surface area contributed by atoms with E-state index in [9.17, 15) is 14.7 Å². The lowest BCUT2D eigenvalue weighted by molar-refractivity contribution is -0.139. The van der Waals surface area contributed by atoms with Crippen LogP contribution in [0.25, 0.3) is 0 Å². The molecular weight excluding hydrogens is 276 g/mol. The minimum Gasteiger partial charge on any atom is -0.479 e.